The first kappa shape index (κ1) is 23.7. The molecule has 2 aromatic heterocycles. The maximum absolute atomic E-state index is 13.8. The van der Waals surface area contributed by atoms with Crippen molar-refractivity contribution >= 4 is 33.6 Å². The third-order valence-electron chi connectivity index (χ3n) is 6.12. The van der Waals surface area contributed by atoms with Gasteiger partial charge in [0.2, 0.25) is 0 Å². The summed E-state index contributed by atoms with van der Waals surface area (Å²) in [6.45, 7) is 9.36. The van der Waals surface area contributed by atoms with E-state index >= 15 is 0 Å². The molecule has 0 fully saturated rings. The summed E-state index contributed by atoms with van der Waals surface area (Å²) in [4.78, 5) is 10.4. The maximum Gasteiger partial charge on any atom is 0.140 e. The summed E-state index contributed by atoms with van der Waals surface area (Å²) in [5.74, 6) is -0.515. The molecular weight excluding hydrogens is 445 g/mol. The number of hydrogen-bond donors (Lipinski definition) is 3. The molecule has 0 unspecified atom stereocenters. The molecule has 4 N–H and O–H groups in total. The van der Waals surface area contributed by atoms with Gasteiger partial charge in [0, 0.05) is 28.0 Å². The molecule has 0 spiro atoms. The zero-order valence-corrected chi connectivity index (χ0v) is 20.7. The Labute approximate surface area is 203 Å². The molecule has 0 radical (unpaired) electrons. The summed E-state index contributed by atoms with van der Waals surface area (Å²) >= 11 is 1.56. The molecule has 0 aliphatic heterocycles. The van der Waals surface area contributed by atoms with E-state index in [1.165, 1.54) is 39.4 Å². The fraction of sp³-hybridized carbons (Fsp3) is 0.259. The number of benzene rings is 2. The number of fused-ring (bicyclic) bond motifs is 1. The average molecular weight is 474 g/mol. The van der Waals surface area contributed by atoms with E-state index in [1.54, 1.807) is 23.5 Å². The molecule has 0 aliphatic rings. The van der Waals surface area contributed by atoms with Gasteiger partial charge in [-0.3, -0.25) is 4.99 Å². The van der Waals surface area contributed by atoms with Gasteiger partial charge in [0.25, 0.3) is 0 Å². The van der Waals surface area contributed by atoms with Crippen LogP contribution in [0.4, 0.5) is 10.1 Å². The first-order chi connectivity index (χ1) is 16.3. The Morgan fingerprint density at radius 3 is 2.68 bits per heavy atom. The largest absolute Gasteiger partial charge is 0.371 e. The van der Waals surface area contributed by atoms with E-state index in [4.69, 9.17) is 10.7 Å². The molecule has 0 saturated heterocycles. The number of halogens is 1. The van der Waals surface area contributed by atoms with Gasteiger partial charge >= 0.3 is 0 Å². The van der Waals surface area contributed by atoms with E-state index in [0.29, 0.717) is 6.54 Å². The van der Waals surface area contributed by atoms with Crippen molar-refractivity contribution in [3.05, 3.63) is 75.0 Å². The van der Waals surface area contributed by atoms with Crippen LogP contribution in [0.15, 0.2) is 41.4 Å². The van der Waals surface area contributed by atoms with Crippen molar-refractivity contribution in [2.45, 2.75) is 34.1 Å². The number of nitrogens with one attached hydrogen (secondary N) is 2. The highest BCUT2D eigenvalue weighted by Crippen LogP contribution is 2.36. The van der Waals surface area contributed by atoms with Crippen molar-refractivity contribution in [3.63, 3.8) is 0 Å². The van der Waals surface area contributed by atoms with Gasteiger partial charge in [-0.2, -0.15) is 5.26 Å². The van der Waals surface area contributed by atoms with Crippen molar-refractivity contribution < 1.29 is 4.39 Å². The molecule has 2 aromatic carbocycles. The average Bonchev–Trinajstić information content (AvgIpc) is 3.39. The van der Waals surface area contributed by atoms with Crippen LogP contribution in [0.25, 0.3) is 21.3 Å². The molecule has 0 amide bonds. The number of nitrogens with two attached hydrogens (primary N) is 1. The molecule has 34 heavy (non-hydrogen) atoms. The van der Waals surface area contributed by atoms with E-state index in [1.807, 2.05) is 19.1 Å². The van der Waals surface area contributed by atoms with E-state index in [2.05, 4.69) is 43.2 Å². The molecule has 5 nitrogen and oxygen atoms in total. The van der Waals surface area contributed by atoms with Crippen LogP contribution in [0.5, 0.6) is 0 Å². The number of nitriles is 1. The maximum atomic E-state index is 13.8. The van der Waals surface area contributed by atoms with Crippen molar-refractivity contribution in [3.8, 4) is 16.5 Å². The number of aryl methyl sites for hydroxylation is 3. The van der Waals surface area contributed by atoms with Crippen LogP contribution >= 0.6 is 11.3 Å². The Bertz CT molecular complexity index is 1440. The van der Waals surface area contributed by atoms with Gasteiger partial charge in [0.05, 0.1) is 28.5 Å². The van der Waals surface area contributed by atoms with Gasteiger partial charge < -0.3 is 16.0 Å². The minimum absolute atomic E-state index is 0.0332. The number of anilines is 1. The number of aromatic amines is 1. The fourth-order valence-electron chi connectivity index (χ4n) is 4.34. The first-order valence-electron chi connectivity index (χ1n) is 11.2. The molecule has 0 bridgehead atoms. The number of hydrogen-bond acceptors (Lipinski definition) is 5. The lowest BCUT2D eigenvalue weighted by molar-refractivity contribution is 0.624. The van der Waals surface area contributed by atoms with Crippen LogP contribution in [0, 0.1) is 37.9 Å². The van der Waals surface area contributed by atoms with Gasteiger partial charge in [0.15, 0.2) is 0 Å². The van der Waals surface area contributed by atoms with Crippen LogP contribution < -0.4 is 11.1 Å². The van der Waals surface area contributed by atoms with E-state index in [-0.39, 0.29) is 12.2 Å². The van der Waals surface area contributed by atoms with Crippen LogP contribution in [-0.4, -0.2) is 23.9 Å². The van der Waals surface area contributed by atoms with Gasteiger partial charge in [-0.15, -0.1) is 11.3 Å². The highest BCUT2D eigenvalue weighted by Gasteiger charge is 2.15. The SMILES string of the molecule is CC(=NCCc1c(C)[nH]c2c(C)ccc(C)c12)c1sc(-c2ccc(F)c(C#N)c2)cc1NCN. The molecule has 7 heteroatoms. The summed E-state index contributed by atoms with van der Waals surface area (Å²) < 4.78 is 13.8. The lowest BCUT2D eigenvalue weighted by Gasteiger charge is -2.06. The topological polar surface area (TPSA) is 90.0 Å². The predicted octanol–water partition coefficient (Wildman–Crippen LogP) is 6.21. The van der Waals surface area contributed by atoms with E-state index < -0.39 is 5.82 Å². The third kappa shape index (κ3) is 4.47. The Kier molecular flexibility index (Phi) is 6.82. The predicted molar refractivity (Wildman–Crippen MR) is 140 cm³/mol. The molecule has 4 aromatic rings. The van der Waals surface area contributed by atoms with Crippen molar-refractivity contribution in [2.24, 2.45) is 10.7 Å². The normalized spacial score (nSPS) is 11.7. The highest BCUT2D eigenvalue weighted by molar-refractivity contribution is 7.18. The molecule has 2 heterocycles. The molecule has 0 aliphatic carbocycles. The fourth-order valence-corrected chi connectivity index (χ4v) is 5.43. The van der Waals surface area contributed by atoms with E-state index in [9.17, 15) is 9.65 Å². The van der Waals surface area contributed by atoms with Crippen molar-refractivity contribution in [2.75, 3.05) is 18.5 Å². The number of aromatic nitrogens is 1. The summed E-state index contributed by atoms with van der Waals surface area (Å²) in [7, 11) is 0. The standard InChI is InChI=1S/C27H28FN5S/c1-15-5-6-16(2)26-25(15)21(17(3)33-26)9-10-31-18(4)27-23(32-14-30)12-24(34-27)19-7-8-22(28)20(11-19)13-29/h5-8,11-12,32-33H,9-10,14,30H2,1-4H3. The second-order valence-electron chi connectivity index (χ2n) is 8.44. The zero-order valence-electron chi connectivity index (χ0n) is 19.8. The Balaban J connectivity index is 1.62. The second kappa shape index (κ2) is 9.80. The van der Waals surface area contributed by atoms with Gasteiger partial charge in [-0.1, -0.05) is 18.2 Å². The van der Waals surface area contributed by atoms with Crippen LogP contribution in [-0.2, 0) is 6.42 Å². The molecule has 174 valence electrons. The van der Waals surface area contributed by atoms with Gasteiger partial charge in [-0.25, -0.2) is 4.39 Å². The van der Waals surface area contributed by atoms with Crippen molar-refractivity contribution in [1.29, 1.82) is 5.26 Å². The molecular formula is C27H28FN5S. The summed E-state index contributed by atoms with van der Waals surface area (Å²) in [5, 5.41) is 13.7. The number of rotatable bonds is 7. The summed E-state index contributed by atoms with van der Waals surface area (Å²) in [5.41, 5.74) is 14.6. The number of aliphatic imine (C=N–C) groups is 1. The quantitative estimate of drug-likeness (QED) is 0.220. The van der Waals surface area contributed by atoms with Gasteiger partial charge in [-0.05, 0) is 74.6 Å². The summed E-state index contributed by atoms with van der Waals surface area (Å²) in [6.07, 6.45) is 0.842. The number of nitrogens with zero attached hydrogens (tertiary/aromatic N) is 2. The summed E-state index contributed by atoms with van der Waals surface area (Å²) in [6, 6.07) is 12.8. The van der Waals surface area contributed by atoms with Crippen molar-refractivity contribution in [1.82, 2.24) is 4.98 Å². The van der Waals surface area contributed by atoms with Crippen LogP contribution in [0.2, 0.25) is 0 Å². The monoisotopic (exact) mass is 473 g/mol. The Morgan fingerprint density at radius 1 is 1.18 bits per heavy atom. The second-order valence-corrected chi connectivity index (χ2v) is 9.49. The lowest BCUT2D eigenvalue weighted by atomic mass is 10.0. The molecule has 0 atom stereocenters. The third-order valence-corrected chi connectivity index (χ3v) is 7.42. The first-order valence-corrected chi connectivity index (χ1v) is 12.0. The van der Waals surface area contributed by atoms with Crippen LogP contribution in [0.1, 0.15) is 39.7 Å². The minimum Gasteiger partial charge on any atom is -0.371 e. The highest BCUT2D eigenvalue weighted by atomic mass is 32.1. The molecule has 0 saturated carbocycles. The van der Waals surface area contributed by atoms with Crippen LogP contribution in [0.3, 0.4) is 0 Å². The number of H-pyrrole nitrogens is 1. The van der Waals surface area contributed by atoms with Gasteiger partial charge in [0.1, 0.15) is 11.9 Å². The van der Waals surface area contributed by atoms with E-state index in [0.717, 1.165) is 33.1 Å². The Morgan fingerprint density at radius 2 is 1.94 bits per heavy atom. The molecule has 4 rings (SSSR count). The smallest absolute Gasteiger partial charge is 0.140 e. The zero-order chi connectivity index (χ0) is 24.4. The number of thiophene rings is 1. The minimum atomic E-state index is -0.515. The Hall–Kier alpha value is -3.47. The lowest BCUT2D eigenvalue weighted by Crippen LogP contribution is -2.12.